The number of nitrogens with two attached hydrogens (primary N) is 2. The first-order valence-corrected chi connectivity index (χ1v) is 11.3. The molecule has 9 nitrogen and oxygen atoms in total. The molecule has 2 aromatic heterocycles. The molecule has 3 heterocycles. The molecule has 0 aliphatic carbocycles. The largest absolute Gasteiger partial charge is 0.383 e. The zero-order valence-corrected chi connectivity index (χ0v) is 17.8. The van der Waals surface area contributed by atoms with Crippen LogP contribution >= 0.6 is 11.6 Å². The minimum atomic E-state index is -3.92. The quantitative estimate of drug-likeness (QED) is 0.485. The second-order valence-corrected chi connectivity index (χ2v) is 9.48. The summed E-state index contributed by atoms with van der Waals surface area (Å²) in [5, 5.41) is 5.16. The predicted octanol–water partition coefficient (Wildman–Crippen LogP) is 2.64. The number of hydrogen-bond donors (Lipinski definition) is 2. The Labute approximate surface area is 183 Å². The van der Waals surface area contributed by atoms with Crippen LogP contribution < -0.4 is 15.8 Å². The van der Waals surface area contributed by atoms with Crippen LogP contribution in [-0.2, 0) is 16.4 Å². The predicted molar refractivity (Wildman–Crippen MR) is 119 cm³/mol. The molecule has 0 radical (unpaired) electrons. The molecule has 0 saturated heterocycles. The lowest BCUT2D eigenvalue weighted by Gasteiger charge is -2.35. The Morgan fingerprint density at radius 2 is 1.77 bits per heavy atom. The number of rotatable bonds is 3. The van der Waals surface area contributed by atoms with Crippen LogP contribution in [0.25, 0.3) is 11.0 Å². The van der Waals surface area contributed by atoms with Crippen LogP contribution in [0.4, 0.5) is 17.5 Å². The third kappa shape index (κ3) is 3.15. The molecule has 0 bridgehead atoms. The average molecular weight is 456 g/mol. The maximum atomic E-state index is 13.6. The van der Waals surface area contributed by atoms with Gasteiger partial charge in [0, 0.05) is 0 Å². The number of para-hydroxylation sites is 1. The summed E-state index contributed by atoms with van der Waals surface area (Å²) >= 11 is 6.24. The summed E-state index contributed by atoms with van der Waals surface area (Å²) in [6, 6.07) is 13.5. The van der Waals surface area contributed by atoms with E-state index in [-0.39, 0.29) is 34.3 Å². The lowest BCUT2D eigenvalue weighted by molar-refractivity contribution is 0.456. The molecule has 0 spiro atoms. The van der Waals surface area contributed by atoms with Gasteiger partial charge in [0.05, 0.1) is 34.9 Å². The minimum Gasteiger partial charge on any atom is -0.383 e. The van der Waals surface area contributed by atoms with Gasteiger partial charge in [-0.2, -0.15) is 15.1 Å². The molecule has 0 amide bonds. The van der Waals surface area contributed by atoms with E-state index >= 15 is 0 Å². The summed E-state index contributed by atoms with van der Waals surface area (Å²) in [7, 11) is -3.92. The van der Waals surface area contributed by atoms with Gasteiger partial charge in [0.25, 0.3) is 10.0 Å². The molecule has 5 rings (SSSR count). The average Bonchev–Trinajstić information content (AvgIpc) is 3.17. The Morgan fingerprint density at radius 1 is 1.03 bits per heavy atom. The van der Waals surface area contributed by atoms with E-state index in [1.807, 2.05) is 18.2 Å². The Morgan fingerprint density at radius 3 is 2.58 bits per heavy atom. The number of aromatic nitrogens is 4. The van der Waals surface area contributed by atoms with Crippen LogP contribution in [0.3, 0.4) is 0 Å². The van der Waals surface area contributed by atoms with Crippen molar-refractivity contribution in [1.82, 2.24) is 19.7 Å². The molecule has 31 heavy (non-hydrogen) atoms. The number of benzene rings is 2. The van der Waals surface area contributed by atoms with Crippen molar-refractivity contribution < 1.29 is 8.42 Å². The number of nitrogen functional groups attached to an aromatic ring is 2. The van der Waals surface area contributed by atoms with Crippen molar-refractivity contribution in [3.63, 3.8) is 0 Å². The van der Waals surface area contributed by atoms with Gasteiger partial charge in [-0.1, -0.05) is 41.9 Å². The van der Waals surface area contributed by atoms with Crippen molar-refractivity contribution in [3.8, 4) is 0 Å². The van der Waals surface area contributed by atoms with Crippen LogP contribution in [0.1, 0.15) is 11.6 Å². The lowest BCUT2D eigenvalue weighted by atomic mass is 10.00. The molecule has 4 aromatic rings. The van der Waals surface area contributed by atoms with Crippen LogP contribution in [-0.4, -0.2) is 34.7 Å². The van der Waals surface area contributed by atoms with Gasteiger partial charge in [0.1, 0.15) is 10.7 Å². The molecule has 1 aliphatic rings. The van der Waals surface area contributed by atoms with Crippen LogP contribution in [0.5, 0.6) is 0 Å². The minimum absolute atomic E-state index is 0.0310. The van der Waals surface area contributed by atoms with Gasteiger partial charge in [0.15, 0.2) is 5.65 Å². The summed E-state index contributed by atoms with van der Waals surface area (Å²) in [5.41, 5.74) is 13.7. The number of hydrogen-bond acceptors (Lipinski definition) is 7. The van der Waals surface area contributed by atoms with E-state index in [0.717, 1.165) is 5.56 Å². The first kappa shape index (κ1) is 19.6. The Hall–Kier alpha value is -3.37. The fourth-order valence-corrected chi connectivity index (χ4v) is 5.97. The van der Waals surface area contributed by atoms with E-state index in [2.05, 4.69) is 15.1 Å². The highest BCUT2D eigenvalue weighted by atomic mass is 35.5. The molecule has 11 heteroatoms. The van der Waals surface area contributed by atoms with E-state index < -0.39 is 10.0 Å². The smallest absolute Gasteiger partial charge is 0.265 e. The summed E-state index contributed by atoms with van der Waals surface area (Å²) < 4.78 is 30.2. The molecular weight excluding hydrogens is 438 g/mol. The van der Waals surface area contributed by atoms with Gasteiger partial charge in [-0.25, -0.2) is 13.1 Å². The zero-order valence-electron chi connectivity index (χ0n) is 16.2. The highest BCUT2D eigenvalue weighted by Gasteiger charge is 2.36. The number of anilines is 3. The Kier molecular flexibility index (Phi) is 4.49. The van der Waals surface area contributed by atoms with Crippen molar-refractivity contribution in [2.75, 3.05) is 22.3 Å². The number of sulfonamides is 1. The monoisotopic (exact) mass is 455 g/mol. The van der Waals surface area contributed by atoms with Gasteiger partial charge in [0.2, 0.25) is 5.95 Å². The van der Waals surface area contributed by atoms with E-state index in [9.17, 15) is 8.42 Å². The summed E-state index contributed by atoms with van der Waals surface area (Å²) in [6.45, 7) is 0.144. The van der Waals surface area contributed by atoms with Gasteiger partial charge < -0.3 is 11.5 Å². The highest BCUT2D eigenvalue weighted by Crippen LogP contribution is 2.38. The van der Waals surface area contributed by atoms with Crippen molar-refractivity contribution >= 4 is 50.1 Å². The van der Waals surface area contributed by atoms with E-state index in [0.29, 0.717) is 23.1 Å². The third-order valence-electron chi connectivity index (χ3n) is 5.34. The fraction of sp³-hybridized carbons (Fsp3) is 0.150. The van der Waals surface area contributed by atoms with Crippen LogP contribution in [0.15, 0.2) is 59.6 Å². The maximum absolute atomic E-state index is 13.6. The maximum Gasteiger partial charge on any atom is 0.265 e. The van der Waals surface area contributed by atoms with Crippen LogP contribution in [0, 0.1) is 0 Å². The van der Waals surface area contributed by atoms with E-state index in [1.54, 1.807) is 35.1 Å². The molecule has 0 saturated carbocycles. The number of fused-ring (bicyclic) bond motifs is 2. The van der Waals surface area contributed by atoms with Gasteiger partial charge in [-0.15, -0.1) is 0 Å². The Balaban J connectivity index is 1.65. The van der Waals surface area contributed by atoms with Gasteiger partial charge >= 0.3 is 0 Å². The van der Waals surface area contributed by atoms with Gasteiger partial charge in [-0.3, -0.25) is 4.31 Å². The molecular formula is C20H18ClN7O2S. The molecule has 0 fully saturated rings. The van der Waals surface area contributed by atoms with Crippen molar-refractivity contribution in [2.24, 2.45) is 0 Å². The molecule has 2 aromatic carbocycles. The first-order valence-electron chi connectivity index (χ1n) is 9.47. The molecule has 1 aliphatic heterocycles. The normalized spacial score (nSPS) is 16.4. The number of halogens is 1. The van der Waals surface area contributed by atoms with E-state index in [4.69, 9.17) is 23.1 Å². The topological polar surface area (TPSA) is 133 Å². The van der Waals surface area contributed by atoms with Crippen molar-refractivity contribution in [3.05, 3.63) is 65.3 Å². The van der Waals surface area contributed by atoms with Crippen molar-refractivity contribution in [1.29, 1.82) is 0 Å². The standard InChI is InChI=1S/C20H18ClN7O2S/c21-15-6-2-4-8-17(15)31(29,30)27-11-13(9-12-5-1-3-7-16(12)27)28-19-14(10-24-28)18(22)25-20(23)26-19/h1-8,10,13H,9,11H2,(H4,22,23,25,26). The van der Waals surface area contributed by atoms with Crippen molar-refractivity contribution in [2.45, 2.75) is 17.4 Å². The highest BCUT2D eigenvalue weighted by molar-refractivity contribution is 7.93. The molecule has 4 N–H and O–H groups in total. The zero-order chi connectivity index (χ0) is 21.8. The summed E-state index contributed by atoms with van der Waals surface area (Å²) in [6.07, 6.45) is 2.13. The Bertz CT molecular complexity index is 1420. The summed E-state index contributed by atoms with van der Waals surface area (Å²) in [5.74, 6) is 0.258. The molecule has 1 atom stereocenters. The third-order valence-corrected chi connectivity index (χ3v) is 7.62. The lowest BCUT2D eigenvalue weighted by Crippen LogP contribution is -2.41. The van der Waals surface area contributed by atoms with Gasteiger partial charge in [-0.05, 0) is 30.2 Å². The number of nitrogens with zero attached hydrogens (tertiary/aromatic N) is 5. The van der Waals surface area contributed by atoms with E-state index in [1.165, 1.54) is 10.4 Å². The summed E-state index contributed by atoms with van der Waals surface area (Å²) in [4.78, 5) is 8.30. The first-order chi connectivity index (χ1) is 14.9. The second-order valence-electron chi connectivity index (χ2n) is 7.25. The second kappa shape index (κ2) is 7.10. The molecule has 158 valence electrons. The SMILES string of the molecule is Nc1nc(N)c2cnn(C3Cc4ccccc4N(S(=O)(=O)c4ccccc4Cl)C3)c2n1. The fourth-order valence-electron chi connectivity index (χ4n) is 3.93. The van der Waals surface area contributed by atoms with Crippen LogP contribution in [0.2, 0.25) is 5.02 Å². The molecule has 1 unspecified atom stereocenters.